The van der Waals surface area contributed by atoms with Crippen molar-refractivity contribution in [3.05, 3.63) is 24.8 Å². The van der Waals surface area contributed by atoms with Gasteiger partial charge in [-0.1, -0.05) is 18.2 Å². The lowest BCUT2D eigenvalue weighted by Crippen LogP contribution is -2.42. The molecule has 0 spiro atoms. The third-order valence-electron chi connectivity index (χ3n) is 3.77. The first kappa shape index (κ1) is 11.9. The standard InChI is InChI=1S/C13H17NO3/c1-3-7(2)14-12(15)10-8-4-5-9(6-8)11(10)13(16)17/h3-5,7-11H,1,6H2,2H3,(H,14,15)(H,16,17)/t7?,8?,9?,10-,11+/m0/s1. The van der Waals surface area contributed by atoms with Gasteiger partial charge in [0, 0.05) is 6.04 Å². The van der Waals surface area contributed by atoms with Gasteiger partial charge in [0.2, 0.25) is 5.91 Å². The van der Waals surface area contributed by atoms with Crippen LogP contribution in [0.4, 0.5) is 0 Å². The largest absolute Gasteiger partial charge is 0.481 e. The number of rotatable bonds is 4. The van der Waals surface area contributed by atoms with Gasteiger partial charge in [0.1, 0.15) is 0 Å². The van der Waals surface area contributed by atoms with Crippen LogP contribution in [0.3, 0.4) is 0 Å². The highest BCUT2D eigenvalue weighted by molar-refractivity contribution is 5.87. The Morgan fingerprint density at radius 2 is 2.00 bits per heavy atom. The molecule has 1 amide bonds. The molecule has 2 aliphatic carbocycles. The van der Waals surface area contributed by atoms with Crippen LogP contribution in [-0.4, -0.2) is 23.0 Å². The monoisotopic (exact) mass is 235 g/mol. The third kappa shape index (κ3) is 1.99. The van der Waals surface area contributed by atoms with Gasteiger partial charge in [0.05, 0.1) is 11.8 Å². The minimum absolute atomic E-state index is 0.0206. The van der Waals surface area contributed by atoms with E-state index in [1.165, 1.54) is 0 Å². The number of allylic oxidation sites excluding steroid dienone is 2. The molecule has 3 unspecified atom stereocenters. The van der Waals surface area contributed by atoms with Gasteiger partial charge in [-0.05, 0) is 25.2 Å². The molecule has 2 aliphatic rings. The van der Waals surface area contributed by atoms with Crippen LogP contribution >= 0.6 is 0 Å². The summed E-state index contributed by atoms with van der Waals surface area (Å²) in [6.07, 6.45) is 6.34. The number of fused-ring (bicyclic) bond motifs is 2. The Bertz CT molecular complexity index is 388. The van der Waals surface area contributed by atoms with Gasteiger partial charge in [-0.15, -0.1) is 6.58 Å². The SMILES string of the molecule is C=CC(C)NC(=O)[C@H]1C2C=CC(C2)[C@H]1C(=O)O. The Balaban J connectivity index is 2.14. The lowest BCUT2D eigenvalue weighted by molar-refractivity contribution is -0.147. The fraction of sp³-hybridized carbons (Fsp3) is 0.538. The summed E-state index contributed by atoms with van der Waals surface area (Å²) >= 11 is 0. The summed E-state index contributed by atoms with van der Waals surface area (Å²) in [6.45, 7) is 5.42. The summed E-state index contributed by atoms with van der Waals surface area (Å²) in [5, 5.41) is 12.0. The van der Waals surface area contributed by atoms with Crippen molar-refractivity contribution >= 4 is 11.9 Å². The number of nitrogens with one attached hydrogen (secondary N) is 1. The predicted molar refractivity (Wildman–Crippen MR) is 63.2 cm³/mol. The van der Waals surface area contributed by atoms with E-state index in [9.17, 15) is 14.7 Å². The van der Waals surface area contributed by atoms with E-state index in [1.807, 2.05) is 19.1 Å². The van der Waals surface area contributed by atoms with Crippen LogP contribution < -0.4 is 5.32 Å². The van der Waals surface area contributed by atoms with Gasteiger partial charge in [0.15, 0.2) is 0 Å². The number of amides is 1. The summed E-state index contributed by atoms with van der Waals surface area (Å²) in [7, 11) is 0. The summed E-state index contributed by atoms with van der Waals surface area (Å²) in [4.78, 5) is 23.3. The van der Waals surface area contributed by atoms with Crippen molar-refractivity contribution in [2.75, 3.05) is 0 Å². The van der Waals surface area contributed by atoms with E-state index in [0.717, 1.165) is 6.42 Å². The number of carbonyl (C=O) groups is 2. The Hall–Kier alpha value is -1.58. The molecule has 4 nitrogen and oxygen atoms in total. The Morgan fingerprint density at radius 3 is 2.53 bits per heavy atom. The fourth-order valence-corrected chi connectivity index (χ4v) is 2.90. The zero-order chi connectivity index (χ0) is 12.6. The van der Waals surface area contributed by atoms with Crippen molar-refractivity contribution in [2.45, 2.75) is 19.4 Å². The average Bonchev–Trinajstić information content (AvgIpc) is 2.87. The summed E-state index contributed by atoms with van der Waals surface area (Å²) in [5.41, 5.74) is 0. The van der Waals surface area contributed by atoms with Crippen LogP contribution in [0.1, 0.15) is 13.3 Å². The van der Waals surface area contributed by atoms with Crippen molar-refractivity contribution in [1.82, 2.24) is 5.32 Å². The normalized spacial score (nSPS) is 35.6. The second-order valence-corrected chi connectivity index (χ2v) is 4.87. The van der Waals surface area contributed by atoms with E-state index in [1.54, 1.807) is 6.08 Å². The Kier molecular flexibility index (Phi) is 3.05. The molecule has 4 heteroatoms. The molecule has 0 radical (unpaired) electrons. The number of carboxylic acid groups (broad SMARTS) is 1. The first-order valence-electron chi connectivity index (χ1n) is 5.88. The molecule has 1 fully saturated rings. The number of carboxylic acids is 1. The zero-order valence-corrected chi connectivity index (χ0v) is 9.80. The van der Waals surface area contributed by atoms with E-state index in [0.29, 0.717) is 0 Å². The van der Waals surface area contributed by atoms with Gasteiger partial charge in [-0.25, -0.2) is 0 Å². The van der Waals surface area contributed by atoms with Gasteiger partial charge < -0.3 is 10.4 Å². The maximum absolute atomic E-state index is 12.1. The Morgan fingerprint density at radius 1 is 1.41 bits per heavy atom. The quantitative estimate of drug-likeness (QED) is 0.719. The smallest absolute Gasteiger partial charge is 0.307 e. The maximum atomic E-state index is 12.1. The molecule has 0 aromatic heterocycles. The van der Waals surface area contributed by atoms with Gasteiger partial charge >= 0.3 is 5.97 Å². The zero-order valence-electron chi connectivity index (χ0n) is 9.80. The average molecular weight is 235 g/mol. The molecule has 0 heterocycles. The predicted octanol–water partition coefficient (Wildman–Crippen LogP) is 1.20. The van der Waals surface area contributed by atoms with Crippen molar-refractivity contribution in [3.63, 3.8) is 0 Å². The van der Waals surface area contributed by atoms with E-state index in [2.05, 4.69) is 11.9 Å². The van der Waals surface area contributed by atoms with Gasteiger partial charge in [-0.2, -0.15) is 0 Å². The van der Waals surface area contributed by atoms with Crippen molar-refractivity contribution in [2.24, 2.45) is 23.7 Å². The van der Waals surface area contributed by atoms with E-state index in [-0.39, 0.29) is 23.8 Å². The molecule has 0 aliphatic heterocycles. The molecule has 2 N–H and O–H groups in total. The molecule has 0 aromatic carbocycles. The highest BCUT2D eigenvalue weighted by atomic mass is 16.4. The molecule has 1 saturated carbocycles. The number of hydrogen-bond acceptors (Lipinski definition) is 2. The molecular formula is C13H17NO3. The molecule has 0 saturated heterocycles. The molecule has 17 heavy (non-hydrogen) atoms. The number of hydrogen-bond donors (Lipinski definition) is 2. The van der Waals surface area contributed by atoms with E-state index < -0.39 is 17.8 Å². The fourth-order valence-electron chi connectivity index (χ4n) is 2.90. The molecule has 2 bridgehead atoms. The third-order valence-corrected chi connectivity index (χ3v) is 3.77. The number of carbonyl (C=O) groups excluding carboxylic acids is 1. The molecule has 2 rings (SSSR count). The molecular weight excluding hydrogens is 218 g/mol. The van der Waals surface area contributed by atoms with Crippen LogP contribution in [0.25, 0.3) is 0 Å². The highest BCUT2D eigenvalue weighted by Gasteiger charge is 2.51. The van der Waals surface area contributed by atoms with Crippen LogP contribution in [-0.2, 0) is 9.59 Å². The maximum Gasteiger partial charge on any atom is 0.307 e. The molecule has 5 atom stereocenters. The summed E-state index contributed by atoms with van der Waals surface area (Å²) in [5.74, 6) is -1.92. The number of aliphatic carboxylic acids is 1. The van der Waals surface area contributed by atoms with Gasteiger partial charge in [-0.3, -0.25) is 9.59 Å². The first-order valence-corrected chi connectivity index (χ1v) is 5.88. The highest BCUT2D eigenvalue weighted by Crippen LogP contribution is 2.48. The molecule has 92 valence electrons. The lowest BCUT2D eigenvalue weighted by atomic mass is 9.82. The van der Waals surface area contributed by atoms with Crippen LogP contribution in [0, 0.1) is 23.7 Å². The lowest BCUT2D eigenvalue weighted by Gasteiger charge is -2.24. The topological polar surface area (TPSA) is 66.4 Å². The van der Waals surface area contributed by atoms with Crippen LogP contribution in [0.15, 0.2) is 24.8 Å². The van der Waals surface area contributed by atoms with Gasteiger partial charge in [0.25, 0.3) is 0 Å². The second kappa shape index (κ2) is 4.35. The van der Waals surface area contributed by atoms with Crippen LogP contribution in [0.2, 0.25) is 0 Å². The van der Waals surface area contributed by atoms with Crippen molar-refractivity contribution < 1.29 is 14.7 Å². The minimum Gasteiger partial charge on any atom is -0.481 e. The Labute approximate surface area is 100 Å². The summed E-state index contributed by atoms with van der Waals surface area (Å²) < 4.78 is 0. The van der Waals surface area contributed by atoms with E-state index in [4.69, 9.17) is 0 Å². The molecule has 0 aromatic rings. The van der Waals surface area contributed by atoms with E-state index >= 15 is 0 Å². The van der Waals surface area contributed by atoms with Crippen molar-refractivity contribution in [3.8, 4) is 0 Å². The second-order valence-electron chi connectivity index (χ2n) is 4.87. The first-order chi connectivity index (χ1) is 8.04. The van der Waals surface area contributed by atoms with Crippen molar-refractivity contribution in [1.29, 1.82) is 0 Å². The minimum atomic E-state index is -0.867. The van der Waals surface area contributed by atoms with Crippen LogP contribution in [0.5, 0.6) is 0 Å². The summed E-state index contributed by atoms with van der Waals surface area (Å²) in [6, 6.07) is -0.125.